The normalized spacial score (nSPS) is 20.8. The van der Waals surface area contributed by atoms with Gasteiger partial charge in [-0.25, -0.2) is 9.37 Å². The van der Waals surface area contributed by atoms with E-state index in [1.807, 2.05) is 30.7 Å². The first-order chi connectivity index (χ1) is 16.4. The molecule has 0 aliphatic carbocycles. The van der Waals surface area contributed by atoms with E-state index in [2.05, 4.69) is 45.9 Å². The summed E-state index contributed by atoms with van der Waals surface area (Å²) in [5, 5.41) is 4.41. The molecule has 4 rings (SSSR count). The van der Waals surface area contributed by atoms with Crippen LogP contribution in [0, 0.1) is 6.92 Å². The maximum atomic E-state index is 13.2. The molecule has 0 radical (unpaired) electrons. The van der Waals surface area contributed by atoms with Gasteiger partial charge in [0.25, 0.3) is 0 Å². The number of ether oxygens (including phenoxy) is 1. The van der Waals surface area contributed by atoms with E-state index in [1.165, 1.54) is 18.6 Å². The average molecular weight is 463 g/mol. The van der Waals surface area contributed by atoms with Crippen LogP contribution in [-0.2, 0) is 4.84 Å². The molecule has 0 saturated heterocycles. The Morgan fingerprint density at radius 2 is 2.18 bits per heavy atom. The van der Waals surface area contributed by atoms with Gasteiger partial charge in [0, 0.05) is 25.2 Å². The Morgan fingerprint density at radius 1 is 1.35 bits per heavy atom. The van der Waals surface area contributed by atoms with Crippen LogP contribution in [0.15, 0.2) is 78.2 Å². The molecule has 2 aliphatic heterocycles. The maximum absolute atomic E-state index is 13.2. The van der Waals surface area contributed by atoms with Gasteiger partial charge in [0.2, 0.25) is 5.72 Å². The molecule has 0 spiro atoms. The number of aryl methyl sites for hydroxylation is 1. The minimum Gasteiger partial charge on any atom is -0.495 e. The number of fused-ring (bicyclic) bond motifs is 1. The van der Waals surface area contributed by atoms with Crippen molar-refractivity contribution in [3.05, 3.63) is 84.3 Å². The summed E-state index contributed by atoms with van der Waals surface area (Å²) in [7, 11) is 1.68. The van der Waals surface area contributed by atoms with Crippen LogP contribution in [0.3, 0.4) is 0 Å². The van der Waals surface area contributed by atoms with Crippen LogP contribution in [0.4, 0.5) is 4.39 Å². The van der Waals surface area contributed by atoms with Gasteiger partial charge in [0.05, 0.1) is 30.6 Å². The number of allylic oxidation sites excluding steroid dienone is 4. The smallest absolute Gasteiger partial charge is 0.234 e. The van der Waals surface area contributed by atoms with Crippen LogP contribution in [0.1, 0.15) is 44.4 Å². The third-order valence-electron chi connectivity index (χ3n) is 6.27. The summed E-state index contributed by atoms with van der Waals surface area (Å²) < 4.78 is 20.8. The number of hydrogen-bond donors (Lipinski definition) is 0. The van der Waals surface area contributed by atoms with Crippen molar-refractivity contribution in [2.45, 2.75) is 45.8 Å². The van der Waals surface area contributed by atoms with Crippen molar-refractivity contribution in [1.29, 1.82) is 0 Å². The molecule has 3 heterocycles. The first-order valence-electron chi connectivity index (χ1n) is 11.4. The number of nitrogens with zero attached hydrogens (tertiary/aromatic N) is 4. The lowest BCUT2D eigenvalue weighted by Gasteiger charge is -2.34. The molecule has 34 heavy (non-hydrogen) atoms. The van der Waals surface area contributed by atoms with Crippen LogP contribution < -0.4 is 4.74 Å². The van der Waals surface area contributed by atoms with Crippen molar-refractivity contribution in [3.8, 4) is 11.4 Å². The second-order valence-electron chi connectivity index (χ2n) is 8.65. The van der Waals surface area contributed by atoms with E-state index >= 15 is 0 Å². The molecule has 0 amide bonds. The van der Waals surface area contributed by atoms with Crippen molar-refractivity contribution in [2.75, 3.05) is 13.7 Å². The van der Waals surface area contributed by atoms with Gasteiger partial charge < -0.3 is 19.0 Å². The standard InChI is InChI=1S/C27H31FN4O2/c1-6-23(11-7-9-19(2)28)27(4)32-14-8-10-21(16-26(32)30-34-27)22-12-13-24(25(15-22)33-5)31-17-20(3)29-18-31/h6,9,11-13,15-18H,1,7-8,10,14H2,2-5H3/b19-9+,23-11+. The molecule has 1 atom stereocenters. The largest absolute Gasteiger partial charge is 0.495 e. The lowest BCUT2D eigenvalue weighted by Crippen LogP contribution is -2.47. The zero-order valence-electron chi connectivity index (χ0n) is 20.2. The number of halogens is 1. The van der Waals surface area contributed by atoms with Crippen molar-refractivity contribution < 1.29 is 14.0 Å². The Bertz CT molecular complexity index is 1200. The summed E-state index contributed by atoms with van der Waals surface area (Å²) in [6.45, 7) is 10.1. The lowest BCUT2D eigenvalue weighted by molar-refractivity contribution is -0.0506. The lowest BCUT2D eigenvalue weighted by atomic mass is 10.0. The van der Waals surface area contributed by atoms with Crippen molar-refractivity contribution in [2.24, 2.45) is 5.16 Å². The number of oxime groups is 1. The minimum atomic E-state index is -0.776. The number of amidine groups is 1. The van der Waals surface area contributed by atoms with Gasteiger partial charge in [-0.1, -0.05) is 30.0 Å². The Hall–Kier alpha value is -3.61. The molecule has 1 aromatic heterocycles. The molecule has 0 saturated carbocycles. The Morgan fingerprint density at radius 3 is 2.85 bits per heavy atom. The molecular formula is C27H31FN4O2. The molecule has 6 nitrogen and oxygen atoms in total. The molecule has 2 aliphatic rings. The molecule has 178 valence electrons. The average Bonchev–Trinajstić information content (AvgIpc) is 3.30. The number of methoxy groups -OCH3 is 1. The second kappa shape index (κ2) is 9.71. The van der Waals surface area contributed by atoms with Gasteiger partial charge in [-0.3, -0.25) is 0 Å². The van der Waals surface area contributed by atoms with Gasteiger partial charge in [-0.2, -0.15) is 0 Å². The van der Waals surface area contributed by atoms with Crippen molar-refractivity contribution >= 4 is 11.4 Å². The van der Waals surface area contributed by atoms with Crippen LogP contribution in [0.25, 0.3) is 11.3 Å². The van der Waals surface area contributed by atoms with E-state index in [4.69, 9.17) is 9.57 Å². The summed E-state index contributed by atoms with van der Waals surface area (Å²) >= 11 is 0. The van der Waals surface area contributed by atoms with Gasteiger partial charge in [-0.05, 0) is 68.5 Å². The van der Waals surface area contributed by atoms with E-state index in [9.17, 15) is 4.39 Å². The highest BCUT2D eigenvalue weighted by atomic mass is 19.1. The highest BCUT2D eigenvalue weighted by molar-refractivity contribution is 6.01. The molecule has 1 unspecified atom stereocenters. The fourth-order valence-corrected chi connectivity index (χ4v) is 4.43. The molecule has 1 aromatic carbocycles. The number of benzene rings is 1. The van der Waals surface area contributed by atoms with Gasteiger partial charge in [-0.15, -0.1) is 0 Å². The van der Waals surface area contributed by atoms with Gasteiger partial charge in [0.15, 0.2) is 5.84 Å². The third kappa shape index (κ3) is 4.55. The summed E-state index contributed by atoms with van der Waals surface area (Å²) in [6, 6.07) is 6.21. The Kier molecular flexibility index (Phi) is 6.72. The quantitative estimate of drug-likeness (QED) is 0.466. The molecule has 2 aromatic rings. The van der Waals surface area contributed by atoms with Crippen molar-refractivity contribution in [1.82, 2.24) is 14.5 Å². The fraction of sp³-hybridized carbons (Fsp3) is 0.333. The summed E-state index contributed by atoms with van der Waals surface area (Å²) in [5.41, 5.74) is 4.22. The summed E-state index contributed by atoms with van der Waals surface area (Å²) in [6.07, 6.45) is 13.4. The topological polar surface area (TPSA) is 51.9 Å². The predicted molar refractivity (Wildman–Crippen MR) is 133 cm³/mol. The van der Waals surface area contributed by atoms with Crippen LogP contribution >= 0.6 is 0 Å². The Balaban J connectivity index is 1.63. The summed E-state index contributed by atoms with van der Waals surface area (Å²) in [4.78, 5) is 12.4. The fourth-order valence-electron chi connectivity index (χ4n) is 4.43. The molecule has 7 heteroatoms. The van der Waals surface area contributed by atoms with E-state index < -0.39 is 5.72 Å². The number of hydrogen-bond acceptors (Lipinski definition) is 5. The number of imidazole rings is 1. The first-order valence-corrected chi connectivity index (χ1v) is 11.4. The zero-order valence-corrected chi connectivity index (χ0v) is 20.2. The highest BCUT2D eigenvalue weighted by Crippen LogP contribution is 2.37. The molecule has 0 fully saturated rings. The monoisotopic (exact) mass is 462 g/mol. The Labute approximate surface area is 200 Å². The predicted octanol–water partition coefficient (Wildman–Crippen LogP) is 6.10. The van der Waals surface area contributed by atoms with Crippen LogP contribution in [0.5, 0.6) is 5.75 Å². The van der Waals surface area contributed by atoms with E-state index in [0.717, 1.165) is 53.5 Å². The van der Waals surface area contributed by atoms with E-state index in [0.29, 0.717) is 6.42 Å². The molecule has 0 N–H and O–H groups in total. The van der Waals surface area contributed by atoms with Gasteiger partial charge in [0.1, 0.15) is 5.75 Å². The maximum Gasteiger partial charge on any atom is 0.234 e. The van der Waals surface area contributed by atoms with Crippen molar-refractivity contribution in [3.63, 3.8) is 0 Å². The third-order valence-corrected chi connectivity index (χ3v) is 6.27. The van der Waals surface area contributed by atoms with Crippen LogP contribution in [-0.4, -0.2) is 39.7 Å². The second-order valence-corrected chi connectivity index (χ2v) is 8.65. The SMILES string of the molecule is C=C/C(=C\C/C=C(\C)F)C1(C)ON=C2C=C(c3ccc(-n4cnc(C)c4)c(OC)c3)CCCN21. The molecule has 0 bridgehead atoms. The molecular weight excluding hydrogens is 431 g/mol. The van der Waals surface area contributed by atoms with Crippen LogP contribution in [0.2, 0.25) is 0 Å². The number of aromatic nitrogens is 2. The van der Waals surface area contributed by atoms with E-state index in [-0.39, 0.29) is 5.83 Å². The highest BCUT2D eigenvalue weighted by Gasteiger charge is 2.43. The minimum absolute atomic E-state index is 0.207. The summed E-state index contributed by atoms with van der Waals surface area (Å²) in [5.74, 6) is 1.34. The number of rotatable bonds is 7. The zero-order chi connectivity index (χ0) is 24.3. The first kappa shape index (κ1) is 23.5. The van der Waals surface area contributed by atoms with E-state index in [1.54, 1.807) is 19.5 Å². The van der Waals surface area contributed by atoms with Gasteiger partial charge >= 0.3 is 0 Å².